The van der Waals surface area contributed by atoms with E-state index >= 15 is 0 Å². The van der Waals surface area contributed by atoms with Gasteiger partial charge in [0.15, 0.2) is 11.5 Å². The van der Waals surface area contributed by atoms with Crippen LogP contribution < -0.4 is 14.4 Å². The van der Waals surface area contributed by atoms with Gasteiger partial charge in [0.2, 0.25) is 0 Å². The molecule has 0 radical (unpaired) electrons. The molecule has 6 nitrogen and oxygen atoms in total. The lowest BCUT2D eigenvalue weighted by atomic mass is 9.98. The molecule has 1 aliphatic heterocycles. The summed E-state index contributed by atoms with van der Waals surface area (Å²) in [4.78, 5) is 14.7. The number of benzene rings is 2. The molecule has 1 amide bonds. The molecule has 2 aliphatic rings. The van der Waals surface area contributed by atoms with E-state index in [4.69, 9.17) is 14.7 Å². The maximum atomic E-state index is 13.0. The molecule has 0 atom stereocenters. The summed E-state index contributed by atoms with van der Waals surface area (Å²) in [5, 5.41) is 11.8. The van der Waals surface area contributed by atoms with Crippen LogP contribution in [0.2, 0.25) is 0 Å². The minimum absolute atomic E-state index is 0.0722. The normalized spacial score (nSPS) is 17.2. The number of anilines is 1. The van der Waals surface area contributed by atoms with Gasteiger partial charge in [-0.3, -0.25) is 4.79 Å². The predicted octanol–water partition coefficient (Wildman–Crippen LogP) is 4.38. The second-order valence-electron chi connectivity index (χ2n) is 7.27. The maximum absolute atomic E-state index is 13.0. The Bertz CT molecular complexity index is 903. The van der Waals surface area contributed by atoms with Crippen molar-refractivity contribution in [3.8, 4) is 11.5 Å². The van der Waals surface area contributed by atoms with Crippen molar-refractivity contribution in [1.29, 1.82) is 0 Å². The van der Waals surface area contributed by atoms with E-state index in [1.807, 2.05) is 30.3 Å². The summed E-state index contributed by atoms with van der Waals surface area (Å²) in [5.74, 6) is 1.29. The Balaban J connectivity index is 1.60. The highest BCUT2D eigenvalue weighted by molar-refractivity contribution is 6.10. The van der Waals surface area contributed by atoms with Crippen molar-refractivity contribution in [2.24, 2.45) is 5.16 Å². The van der Waals surface area contributed by atoms with E-state index in [9.17, 15) is 4.79 Å². The molecule has 1 heterocycles. The largest absolute Gasteiger partial charge is 0.493 e. The fourth-order valence-electron chi connectivity index (χ4n) is 3.96. The van der Waals surface area contributed by atoms with Crippen LogP contribution in [0.5, 0.6) is 11.5 Å². The van der Waals surface area contributed by atoms with Gasteiger partial charge in [0.05, 0.1) is 26.0 Å². The third-order valence-corrected chi connectivity index (χ3v) is 5.45. The van der Waals surface area contributed by atoms with Gasteiger partial charge in [-0.1, -0.05) is 23.7 Å². The zero-order valence-electron chi connectivity index (χ0n) is 15.9. The second kappa shape index (κ2) is 7.92. The summed E-state index contributed by atoms with van der Waals surface area (Å²) in [6, 6.07) is 11.1. The number of nitrogens with zero attached hydrogens (tertiary/aromatic N) is 2. The predicted molar refractivity (Wildman–Crippen MR) is 107 cm³/mol. The average Bonchev–Trinajstić information content (AvgIpc) is 3.05. The number of hydrogen-bond acceptors (Lipinski definition) is 5. The number of methoxy groups -OCH3 is 1. The molecule has 0 unspecified atom stereocenters. The van der Waals surface area contributed by atoms with Gasteiger partial charge >= 0.3 is 0 Å². The number of hydrogen-bond donors (Lipinski definition) is 1. The molecule has 2 aromatic rings. The Morgan fingerprint density at radius 1 is 1.11 bits per heavy atom. The lowest BCUT2D eigenvalue weighted by Crippen LogP contribution is -2.24. The topological polar surface area (TPSA) is 71.4 Å². The van der Waals surface area contributed by atoms with Gasteiger partial charge in [0.1, 0.15) is 0 Å². The van der Waals surface area contributed by atoms with Gasteiger partial charge in [-0.15, -0.1) is 0 Å². The first-order chi connectivity index (χ1) is 13.7. The van der Waals surface area contributed by atoms with E-state index in [-0.39, 0.29) is 12.0 Å². The van der Waals surface area contributed by atoms with E-state index in [0.29, 0.717) is 29.2 Å². The van der Waals surface area contributed by atoms with Crippen molar-refractivity contribution >= 4 is 17.8 Å². The molecule has 0 aromatic heterocycles. The quantitative estimate of drug-likeness (QED) is 0.475. The van der Waals surface area contributed by atoms with Crippen molar-refractivity contribution in [3.63, 3.8) is 0 Å². The van der Waals surface area contributed by atoms with Crippen LogP contribution in [0.1, 0.15) is 53.6 Å². The average molecular weight is 380 g/mol. The van der Waals surface area contributed by atoms with Crippen LogP contribution in [0.4, 0.5) is 5.69 Å². The first-order valence-corrected chi connectivity index (χ1v) is 9.66. The van der Waals surface area contributed by atoms with Crippen molar-refractivity contribution in [2.45, 2.75) is 44.8 Å². The Morgan fingerprint density at radius 2 is 1.93 bits per heavy atom. The van der Waals surface area contributed by atoms with Gasteiger partial charge in [-0.2, -0.15) is 0 Å². The van der Waals surface area contributed by atoms with E-state index < -0.39 is 0 Å². The van der Waals surface area contributed by atoms with Gasteiger partial charge < -0.3 is 19.6 Å². The van der Waals surface area contributed by atoms with Crippen LogP contribution in [0, 0.1) is 0 Å². The van der Waals surface area contributed by atoms with E-state index in [0.717, 1.165) is 24.1 Å². The molecule has 1 fully saturated rings. The zero-order chi connectivity index (χ0) is 19.5. The Hall–Kier alpha value is -3.02. The number of carbonyl (C=O) groups excluding carboxylic acids is 1. The number of ether oxygens (including phenoxy) is 2. The molecule has 0 spiro atoms. The first kappa shape index (κ1) is 18.3. The molecule has 2 aromatic carbocycles. The van der Waals surface area contributed by atoms with Crippen molar-refractivity contribution < 1.29 is 19.5 Å². The lowest BCUT2D eigenvalue weighted by Gasteiger charge is -2.25. The van der Waals surface area contributed by atoms with Gasteiger partial charge in [-0.25, -0.2) is 0 Å². The molecular weight excluding hydrogens is 356 g/mol. The molecule has 6 heteroatoms. The molecule has 146 valence electrons. The van der Waals surface area contributed by atoms with Crippen molar-refractivity contribution in [3.05, 3.63) is 53.1 Å². The Labute approximate surface area is 164 Å². The van der Waals surface area contributed by atoms with Gasteiger partial charge in [0.25, 0.3) is 5.91 Å². The van der Waals surface area contributed by atoms with E-state index in [2.05, 4.69) is 5.16 Å². The number of carbonyl (C=O) groups is 1. The van der Waals surface area contributed by atoms with Crippen LogP contribution in [0.15, 0.2) is 41.6 Å². The van der Waals surface area contributed by atoms with E-state index in [1.165, 1.54) is 25.5 Å². The molecule has 28 heavy (non-hydrogen) atoms. The van der Waals surface area contributed by atoms with E-state index in [1.54, 1.807) is 18.1 Å². The molecular formula is C22H24N2O4. The minimum Gasteiger partial charge on any atom is -0.493 e. The highest BCUT2D eigenvalue weighted by Gasteiger charge is 2.29. The third kappa shape index (κ3) is 3.54. The highest BCUT2D eigenvalue weighted by Crippen LogP contribution is 2.37. The fraction of sp³-hybridized carbons (Fsp3) is 0.364. The summed E-state index contributed by atoms with van der Waals surface area (Å²) in [5.41, 5.74) is 3.05. The summed E-state index contributed by atoms with van der Waals surface area (Å²) in [6.45, 7) is 0.500. The van der Waals surface area contributed by atoms with Crippen molar-refractivity contribution in [2.75, 3.05) is 12.0 Å². The minimum atomic E-state index is -0.0722. The first-order valence-electron chi connectivity index (χ1n) is 9.66. The summed E-state index contributed by atoms with van der Waals surface area (Å²) >= 11 is 0. The molecule has 0 bridgehead atoms. The Kier molecular flexibility index (Phi) is 5.19. The number of amides is 1. The smallest absolute Gasteiger partial charge is 0.258 e. The standard InChI is InChI=1S/C22H24N2O4/c1-27-20-10-9-17(12-21(20)28-18-5-3-2-4-6-18)24-14-16-8-7-15(13-23-26)11-19(16)22(24)25/h7-13,18,26H,2-6,14H2,1H3. The van der Waals surface area contributed by atoms with Crippen LogP contribution in [-0.2, 0) is 6.54 Å². The summed E-state index contributed by atoms with van der Waals surface area (Å²) in [6.07, 6.45) is 7.26. The number of fused-ring (bicyclic) bond motifs is 1. The summed E-state index contributed by atoms with van der Waals surface area (Å²) < 4.78 is 11.7. The van der Waals surface area contributed by atoms with Crippen LogP contribution >= 0.6 is 0 Å². The van der Waals surface area contributed by atoms with Gasteiger partial charge in [-0.05, 0) is 55.0 Å². The monoisotopic (exact) mass is 380 g/mol. The summed E-state index contributed by atoms with van der Waals surface area (Å²) in [7, 11) is 1.63. The SMILES string of the molecule is COc1ccc(N2Cc3ccc(C=NO)cc3C2=O)cc1OC1CCCCC1. The molecule has 1 saturated carbocycles. The third-order valence-electron chi connectivity index (χ3n) is 5.45. The van der Waals surface area contributed by atoms with Crippen LogP contribution in [-0.4, -0.2) is 30.5 Å². The number of rotatable bonds is 5. The molecule has 1 N–H and O–H groups in total. The van der Waals surface area contributed by atoms with Crippen molar-refractivity contribution in [1.82, 2.24) is 0 Å². The maximum Gasteiger partial charge on any atom is 0.258 e. The highest BCUT2D eigenvalue weighted by atomic mass is 16.5. The fourth-order valence-corrected chi connectivity index (χ4v) is 3.96. The number of oxime groups is 1. The lowest BCUT2D eigenvalue weighted by molar-refractivity contribution is 0.0996. The Morgan fingerprint density at radius 3 is 2.68 bits per heavy atom. The molecule has 4 rings (SSSR count). The van der Waals surface area contributed by atoms with Crippen LogP contribution in [0.3, 0.4) is 0 Å². The van der Waals surface area contributed by atoms with Crippen LogP contribution in [0.25, 0.3) is 0 Å². The zero-order valence-corrected chi connectivity index (χ0v) is 15.9. The molecule has 1 aliphatic carbocycles. The second-order valence-corrected chi connectivity index (χ2v) is 7.27. The molecule has 0 saturated heterocycles. The van der Waals surface area contributed by atoms with Gasteiger partial charge in [0, 0.05) is 17.3 Å².